The van der Waals surface area contributed by atoms with Crippen molar-refractivity contribution in [2.24, 2.45) is 0 Å². The SMILES string of the molecule is Cc1ccc(S(=O)(=O)N2CCCCC2C2OCCO2)cc1. The van der Waals surface area contributed by atoms with E-state index in [2.05, 4.69) is 0 Å². The molecule has 2 fully saturated rings. The lowest BCUT2D eigenvalue weighted by Crippen LogP contribution is -2.50. The zero-order valence-electron chi connectivity index (χ0n) is 12.2. The molecule has 2 aliphatic heterocycles. The predicted octanol–water partition coefficient (Wildman–Crippen LogP) is 1.91. The van der Waals surface area contributed by atoms with Gasteiger partial charge in [0, 0.05) is 6.54 Å². The summed E-state index contributed by atoms with van der Waals surface area (Å²) in [5.74, 6) is 0. The van der Waals surface area contributed by atoms with E-state index in [1.54, 1.807) is 16.4 Å². The van der Waals surface area contributed by atoms with Crippen LogP contribution in [0, 0.1) is 6.92 Å². The van der Waals surface area contributed by atoms with Crippen LogP contribution < -0.4 is 0 Å². The smallest absolute Gasteiger partial charge is 0.243 e. The fourth-order valence-electron chi connectivity index (χ4n) is 2.95. The van der Waals surface area contributed by atoms with Crippen molar-refractivity contribution in [2.75, 3.05) is 19.8 Å². The molecule has 0 saturated carbocycles. The molecule has 0 spiro atoms. The van der Waals surface area contributed by atoms with Crippen molar-refractivity contribution in [1.29, 1.82) is 0 Å². The van der Waals surface area contributed by atoms with Crippen LogP contribution in [0.2, 0.25) is 0 Å². The van der Waals surface area contributed by atoms with E-state index in [0.717, 1.165) is 24.8 Å². The topological polar surface area (TPSA) is 55.8 Å². The van der Waals surface area contributed by atoms with Gasteiger partial charge in [-0.15, -0.1) is 0 Å². The summed E-state index contributed by atoms with van der Waals surface area (Å²) in [6, 6.07) is 6.79. The van der Waals surface area contributed by atoms with Gasteiger partial charge in [-0.1, -0.05) is 24.1 Å². The number of ether oxygens (including phenoxy) is 2. The lowest BCUT2D eigenvalue weighted by molar-refractivity contribution is -0.0913. The van der Waals surface area contributed by atoms with Crippen LogP contribution in [0.4, 0.5) is 0 Å². The Kier molecular flexibility index (Phi) is 4.31. The standard InChI is InChI=1S/C15H21NO4S/c1-12-5-7-13(8-6-12)21(17,18)16-9-3-2-4-14(16)15-19-10-11-20-15/h5-8,14-15H,2-4,9-11H2,1H3. The van der Waals surface area contributed by atoms with Crippen molar-refractivity contribution in [2.45, 2.75) is 43.4 Å². The first-order valence-electron chi connectivity index (χ1n) is 7.41. The van der Waals surface area contributed by atoms with Crippen molar-refractivity contribution >= 4 is 10.0 Å². The largest absolute Gasteiger partial charge is 0.349 e. The maximum atomic E-state index is 12.9. The minimum Gasteiger partial charge on any atom is -0.349 e. The first kappa shape index (κ1) is 15.0. The Morgan fingerprint density at radius 3 is 2.43 bits per heavy atom. The van der Waals surface area contributed by atoms with Crippen molar-refractivity contribution in [1.82, 2.24) is 4.31 Å². The molecule has 0 aromatic heterocycles. The summed E-state index contributed by atoms with van der Waals surface area (Å²) in [5.41, 5.74) is 1.05. The number of hydrogen-bond acceptors (Lipinski definition) is 4. The second kappa shape index (κ2) is 6.04. The van der Waals surface area contributed by atoms with Gasteiger partial charge in [-0.2, -0.15) is 4.31 Å². The van der Waals surface area contributed by atoms with Crippen LogP contribution in [0.25, 0.3) is 0 Å². The summed E-state index contributed by atoms with van der Waals surface area (Å²) >= 11 is 0. The van der Waals surface area contributed by atoms with Gasteiger partial charge in [-0.3, -0.25) is 0 Å². The molecule has 1 aromatic rings. The molecular formula is C15H21NO4S. The molecule has 0 aliphatic carbocycles. The van der Waals surface area contributed by atoms with Crippen molar-refractivity contribution in [3.63, 3.8) is 0 Å². The molecule has 0 N–H and O–H groups in total. The molecular weight excluding hydrogens is 290 g/mol. The molecule has 1 atom stereocenters. The molecule has 2 heterocycles. The molecule has 1 unspecified atom stereocenters. The normalized spacial score (nSPS) is 25.3. The lowest BCUT2D eigenvalue weighted by Gasteiger charge is -2.36. The number of piperidine rings is 1. The van der Waals surface area contributed by atoms with E-state index in [1.807, 2.05) is 19.1 Å². The fraction of sp³-hybridized carbons (Fsp3) is 0.600. The van der Waals surface area contributed by atoms with E-state index < -0.39 is 16.3 Å². The third-order valence-electron chi connectivity index (χ3n) is 4.09. The molecule has 6 heteroatoms. The highest BCUT2D eigenvalue weighted by molar-refractivity contribution is 7.89. The van der Waals surface area contributed by atoms with E-state index in [9.17, 15) is 8.42 Å². The summed E-state index contributed by atoms with van der Waals surface area (Å²) < 4.78 is 38.4. The highest BCUT2D eigenvalue weighted by Gasteiger charge is 2.40. The van der Waals surface area contributed by atoms with Crippen LogP contribution in [0.3, 0.4) is 0 Å². The first-order chi connectivity index (χ1) is 10.1. The van der Waals surface area contributed by atoms with Crippen molar-refractivity contribution < 1.29 is 17.9 Å². The third kappa shape index (κ3) is 2.99. The molecule has 116 valence electrons. The third-order valence-corrected chi connectivity index (χ3v) is 6.03. The van der Waals surface area contributed by atoms with Gasteiger partial charge in [0.25, 0.3) is 0 Å². The maximum Gasteiger partial charge on any atom is 0.243 e. The van der Waals surface area contributed by atoms with E-state index in [-0.39, 0.29) is 6.04 Å². The summed E-state index contributed by atoms with van der Waals surface area (Å²) in [5, 5.41) is 0. The van der Waals surface area contributed by atoms with Crippen LogP contribution >= 0.6 is 0 Å². The predicted molar refractivity (Wildman–Crippen MR) is 78.4 cm³/mol. The minimum atomic E-state index is -3.49. The molecule has 21 heavy (non-hydrogen) atoms. The summed E-state index contributed by atoms with van der Waals surface area (Å²) in [4.78, 5) is 0.345. The van der Waals surface area contributed by atoms with Gasteiger partial charge < -0.3 is 9.47 Å². The molecule has 3 rings (SSSR count). The van der Waals surface area contributed by atoms with Gasteiger partial charge in [0.2, 0.25) is 10.0 Å². The summed E-state index contributed by atoms with van der Waals surface area (Å²) in [7, 11) is -3.49. The average molecular weight is 311 g/mol. The zero-order valence-corrected chi connectivity index (χ0v) is 13.0. The maximum absolute atomic E-state index is 12.9. The molecule has 2 saturated heterocycles. The molecule has 1 aromatic carbocycles. The second-order valence-electron chi connectivity index (χ2n) is 5.60. The van der Waals surface area contributed by atoms with Gasteiger partial charge in [-0.05, 0) is 31.9 Å². The van der Waals surface area contributed by atoms with E-state index >= 15 is 0 Å². The van der Waals surface area contributed by atoms with Crippen LogP contribution in [0.1, 0.15) is 24.8 Å². The van der Waals surface area contributed by atoms with E-state index in [1.165, 1.54) is 0 Å². The molecule has 5 nitrogen and oxygen atoms in total. The Labute approximate surface area is 125 Å². The van der Waals surface area contributed by atoms with Gasteiger partial charge >= 0.3 is 0 Å². The average Bonchev–Trinajstić information content (AvgIpc) is 3.02. The fourth-order valence-corrected chi connectivity index (χ4v) is 4.63. The summed E-state index contributed by atoms with van der Waals surface area (Å²) in [6.45, 7) is 3.56. The Hall–Kier alpha value is -0.950. The quantitative estimate of drug-likeness (QED) is 0.855. The van der Waals surface area contributed by atoms with Gasteiger partial charge in [0.1, 0.15) is 0 Å². The Bertz CT molecular complexity index is 578. The monoisotopic (exact) mass is 311 g/mol. The van der Waals surface area contributed by atoms with E-state index in [0.29, 0.717) is 24.7 Å². The summed E-state index contributed by atoms with van der Waals surface area (Å²) in [6.07, 6.45) is 2.25. The zero-order chi connectivity index (χ0) is 14.9. The first-order valence-corrected chi connectivity index (χ1v) is 8.85. The molecule has 0 amide bonds. The van der Waals surface area contributed by atoms with Gasteiger partial charge in [-0.25, -0.2) is 8.42 Å². The highest BCUT2D eigenvalue weighted by atomic mass is 32.2. The number of sulfonamides is 1. The van der Waals surface area contributed by atoms with Crippen molar-refractivity contribution in [3.8, 4) is 0 Å². The molecule has 2 aliphatic rings. The highest BCUT2D eigenvalue weighted by Crippen LogP contribution is 2.29. The number of rotatable bonds is 3. The minimum absolute atomic E-state index is 0.215. The van der Waals surface area contributed by atoms with E-state index in [4.69, 9.17) is 9.47 Å². The number of benzene rings is 1. The number of hydrogen-bond donors (Lipinski definition) is 0. The number of aryl methyl sites for hydroxylation is 1. The van der Waals surface area contributed by atoms with Crippen molar-refractivity contribution in [3.05, 3.63) is 29.8 Å². The van der Waals surface area contributed by atoms with Gasteiger partial charge in [0.05, 0.1) is 24.2 Å². The molecule has 0 radical (unpaired) electrons. The van der Waals surface area contributed by atoms with Crippen LogP contribution in [-0.4, -0.2) is 44.8 Å². The Morgan fingerprint density at radius 1 is 1.10 bits per heavy atom. The Balaban J connectivity index is 1.89. The van der Waals surface area contributed by atoms with Crippen LogP contribution in [0.5, 0.6) is 0 Å². The Morgan fingerprint density at radius 2 is 1.76 bits per heavy atom. The van der Waals surface area contributed by atoms with Crippen LogP contribution in [0.15, 0.2) is 29.2 Å². The van der Waals surface area contributed by atoms with Gasteiger partial charge in [0.15, 0.2) is 6.29 Å². The molecule has 0 bridgehead atoms. The van der Waals surface area contributed by atoms with Crippen LogP contribution in [-0.2, 0) is 19.5 Å². The number of nitrogens with zero attached hydrogens (tertiary/aromatic N) is 1. The second-order valence-corrected chi connectivity index (χ2v) is 7.49. The lowest BCUT2D eigenvalue weighted by atomic mass is 10.0.